The van der Waals surface area contributed by atoms with E-state index in [1.54, 1.807) is 36.4 Å². The molecule has 0 saturated heterocycles. The molecule has 28 heavy (non-hydrogen) atoms. The van der Waals surface area contributed by atoms with Crippen LogP contribution in [-0.2, 0) is 11.3 Å². The van der Waals surface area contributed by atoms with Crippen molar-refractivity contribution in [2.75, 3.05) is 11.1 Å². The summed E-state index contributed by atoms with van der Waals surface area (Å²) < 4.78 is 1.89. The van der Waals surface area contributed by atoms with Crippen LogP contribution in [0, 0.1) is 0 Å². The second-order valence-corrected chi connectivity index (χ2v) is 7.96. The lowest BCUT2D eigenvalue weighted by Gasteiger charge is -2.09. The number of benzene rings is 2. The molecule has 0 bridgehead atoms. The van der Waals surface area contributed by atoms with Crippen molar-refractivity contribution in [3.05, 3.63) is 70.2 Å². The molecule has 1 heterocycles. The van der Waals surface area contributed by atoms with E-state index in [2.05, 4.69) is 22.1 Å². The lowest BCUT2D eigenvalue weighted by Crippen LogP contribution is -2.14. The van der Waals surface area contributed by atoms with E-state index in [9.17, 15) is 4.79 Å². The van der Waals surface area contributed by atoms with E-state index in [1.807, 2.05) is 16.7 Å². The van der Waals surface area contributed by atoms with E-state index in [1.165, 1.54) is 11.8 Å². The Bertz CT molecular complexity index is 985. The highest BCUT2D eigenvalue weighted by Gasteiger charge is 2.15. The number of thioether (sulfide) groups is 1. The Labute approximate surface area is 181 Å². The number of carbonyl (C=O) groups is 1. The number of carbonyl (C=O) groups excluding carboxylic acids is 1. The number of anilines is 1. The van der Waals surface area contributed by atoms with E-state index >= 15 is 0 Å². The normalized spacial score (nSPS) is 10.7. The zero-order valence-corrected chi connectivity index (χ0v) is 17.6. The Morgan fingerprint density at radius 2 is 1.75 bits per heavy atom. The minimum absolute atomic E-state index is 0.153. The Balaban J connectivity index is 1.72. The average molecular weight is 454 g/mol. The van der Waals surface area contributed by atoms with Crippen LogP contribution in [0.2, 0.25) is 15.1 Å². The number of rotatable bonds is 7. The number of hydrogen-bond acceptors (Lipinski definition) is 4. The van der Waals surface area contributed by atoms with Gasteiger partial charge >= 0.3 is 0 Å². The molecule has 144 valence electrons. The lowest BCUT2D eigenvalue weighted by atomic mass is 10.2. The van der Waals surface area contributed by atoms with Crippen LogP contribution in [0.25, 0.3) is 11.4 Å². The molecule has 9 heteroatoms. The molecule has 0 aliphatic heterocycles. The molecule has 0 saturated carbocycles. The van der Waals surface area contributed by atoms with Gasteiger partial charge in [-0.1, -0.05) is 52.6 Å². The first-order valence-corrected chi connectivity index (χ1v) is 10.3. The summed E-state index contributed by atoms with van der Waals surface area (Å²) in [6, 6.07) is 12.2. The number of amides is 1. The average Bonchev–Trinajstić information content (AvgIpc) is 3.03. The maximum atomic E-state index is 12.3. The van der Waals surface area contributed by atoms with Crippen molar-refractivity contribution < 1.29 is 4.79 Å². The Kier molecular flexibility index (Phi) is 7.02. The van der Waals surface area contributed by atoms with Crippen LogP contribution in [0.1, 0.15) is 0 Å². The summed E-state index contributed by atoms with van der Waals surface area (Å²) >= 11 is 19.1. The monoisotopic (exact) mass is 452 g/mol. The predicted molar refractivity (Wildman–Crippen MR) is 116 cm³/mol. The predicted octanol–water partition coefficient (Wildman–Crippen LogP) is 5.82. The van der Waals surface area contributed by atoms with Gasteiger partial charge < -0.3 is 5.32 Å². The van der Waals surface area contributed by atoms with Gasteiger partial charge in [0, 0.05) is 32.9 Å². The van der Waals surface area contributed by atoms with Gasteiger partial charge in [0.15, 0.2) is 11.0 Å². The van der Waals surface area contributed by atoms with Crippen LogP contribution in [0.5, 0.6) is 0 Å². The van der Waals surface area contributed by atoms with Gasteiger partial charge in [-0.05, 0) is 42.5 Å². The topological polar surface area (TPSA) is 59.8 Å². The van der Waals surface area contributed by atoms with Crippen molar-refractivity contribution in [1.29, 1.82) is 0 Å². The molecule has 2 aromatic carbocycles. The van der Waals surface area contributed by atoms with Crippen molar-refractivity contribution in [3.63, 3.8) is 0 Å². The quantitative estimate of drug-likeness (QED) is 0.361. The van der Waals surface area contributed by atoms with Crippen LogP contribution >= 0.6 is 46.6 Å². The maximum absolute atomic E-state index is 12.3. The largest absolute Gasteiger partial charge is 0.325 e. The fourth-order valence-electron chi connectivity index (χ4n) is 2.45. The Hall–Kier alpha value is -1.99. The smallest absolute Gasteiger partial charge is 0.234 e. The number of hydrogen-bond donors (Lipinski definition) is 1. The van der Waals surface area contributed by atoms with Crippen LogP contribution < -0.4 is 5.32 Å². The highest BCUT2D eigenvalue weighted by atomic mass is 35.5. The van der Waals surface area contributed by atoms with Crippen molar-refractivity contribution in [3.8, 4) is 11.4 Å². The summed E-state index contributed by atoms with van der Waals surface area (Å²) in [5.41, 5.74) is 1.42. The molecule has 0 spiro atoms. The fourth-order valence-corrected chi connectivity index (χ4v) is 3.85. The number of allylic oxidation sites excluding steroid dienone is 1. The molecule has 5 nitrogen and oxygen atoms in total. The Morgan fingerprint density at radius 1 is 1.07 bits per heavy atom. The SMILES string of the molecule is C=CCn1c(SCC(=O)Nc2cc(Cl)cc(Cl)c2)nnc1-c1ccc(Cl)cc1. The highest BCUT2D eigenvalue weighted by Crippen LogP contribution is 2.26. The van der Waals surface area contributed by atoms with Crippen molar-refractivity contribution in [2.24, 2.45) is 0 Å². The van der Waals surface area contributed by atoms with Crippen LogP contribution in [0.4, 0.5) is 5.69 Å². The number of aromatic nitrogens is 3. The summed E-state index contributed by atoms with van der Waals surface area (Å²) in [6.07, 6.45) is 1.75. The molecule has 1 amide bonds. The molecule has 0 atom stereocenters. The van der Waals surface area contributed by atoms with Crippen LogP contribution in [-0.4, -0.2) is 26.4 Å². The van der Waals surface area contributed by atoms with Gasteiger partial charge in [0.25, 0.3) is 0 Å². The van der Waals surface area contributed by atoms with Gasteiger partial charge in [-0.25, -0.2) is 0 Å². The first kappa shape index (κ1) is 20.7. The van der Waals surface area contributed by atoms with Gasteiger partial charge in [-0.3, -0.25) is 9.36 Å². The first-order chi connectivity index (χ1) is 13.5. The third-order valence-electron chi connectivity index (χ3n) is 3.61. The number of nitrogens with one attached hydrogen (secondary N) is 1. The molecule has 0 fully saturated rings. The zero-order valence-electron chi connectivity index (χ0n) is 14.5. The minimum atomic E-state index is -0.204. The van der Waals surface area contributed by atoms with Gasteiger partial charge in [-0.2, -0.15) is 0 Å². The van der Waals surface area contributed by atoms with Crippen molar-refractivity contribution >= 4 is 58.2 Å². The minimum Gasteiger partial charge on any atom is -0.325 e. The third kappa shape index (κ3) is 5.29. The Morgan fingerprint density at radius 3 is 2.39 bits per heavy atom. The van der Waals surface area contributed by atoms with Crippen LogP contribution in [0.3, 0.4) is 0 Å². The second-order valence-electron chi connectivity index (χ2n) is 5.71. The molecule has 1 N–H and O–H groups in total. The molecule has 0 unspecified atom stereocenters. The van der Waals surface area contributed by atoms with E-state index in [4.69, 9.17) is 34.8 Å². The van der Waals surface area contributed by atoms with Crippen molar-refractivity contribution in [1.82, 2.24) is 14.8 Å². The van der Waals surface area contributed by atoms with E-state index in [0.29, 0.717) is 38.3 Å². The van der Waals surface area contributed by atoms with Crippen LogP contribution in [0.15, 0.2) is 60.3 Å². The fraction of sp³-hybridized carbons (Fsp3) is 0.105. The molecule has 1 aromatic heterocycles. The molecular formula is C19H15Cl3N4OS. The van der Waals surface area contributed by atoms with Gasteiger partial charge in [0.2, 0.25) is 5.91 Å². The number of nitrogens with zero attached hydrogens (tertiary/aromatic N) is 3. The van der Waals surface area contributed by atoms with Gasteiger partial charge in [0.1, 0.15) is 0 Å². The second kappa shape index (κ2) is 9.47. The van der Waals surface area contributed by atoms with E-state index in [0.717, 1.165) is 5.56 Å². The summed E-state index contributed by atoms with van der Waals surface area (Å²) in [4.78, 5) is 12.3. The summed E-state index contributed by atoms with van der Waals surface area (Å²) in [7, 11) is 0. The standard InChI is InChI=1S/C19H15Cl3N4OS/c1-2-7-26-18(12-3-5-13(20)6-4-12)24-25-19(26)28-11-17(27)23-16-9-14(21)8-15(22)10-16/h2-6,8-10H,1,7,11H2,(H,23,27). The van der Waals surface area contributed by atoms with Gasteiger partial charge in [0.05, 0.1) is 5.75 Å². The molecule has 3 rings (SSSR count). The zero-order chi connectivity index (χ0) is 20.1. The highest BCUT2D eigenvalue weighted by molar-refractivity contribution is 7.99. The summed E-state index contributed by atoms with van der Waals surface area (Å²) in [5.74, 6) is 0.630. The molecule has 0 aliphatic rings. The van der Waals surface area contributed by atoms with Crippen molar-refractivity contribution in [2.45, 2.75) is 11.7 Å². The number of halogens is 3. The maximum Gasteiger partial charge on any atom is 0.234 e. The molecular weight excluding hydrogens is 439 g/mol. The lowest BCUT2D eigenvalue weighted by molar-refractivity contribution is -0.113. The van der Waals surface area contributed by atoms with Gasteiger partial charge in [-0.15, -0.1) is 16.8 Å². The van der Waals surface area contributed by atoms with E-state index in [-0.39, 0.29) is 11.7 Å². The molecule has 0 radical (unpaired) electrons. The summed E-state index contributed by atoms with van der Waals surface area (Å²) in [6.45, 7) is 4.29. The summed E-state index contributed by atoms with van der Waals surface area (Å²) in [5, 5.41) is 13.4. The first-order valence-electron chi connectivity index (χ1n) is 8.15. The molecule has 3 aromatic rings. The van der Waals surface area contributed by atoms with E-state index < -0.39 is 0 Å². The molecule has 0 aliphatic carbocycles. The third-order valence-corrected chi connectivity index (χ3v) is 5.26.